The Morgan fingerprint density at radius 2 is 2.37 bits per heavy atom. The van der Waals surface area contributed by atoms with Crippen molar-refractivity contribution >= 4 is 11.4 Å². The van der Waals surface area contributed by atoms with Crippen molar-refractivity contribution in [2.75, 3.05) is 25.5 Å². The third-order valence-corrected chi connectivity index (χ3v) is 3.13. The van der Waals surface area contributed by atoms with Gasteiger partial charge in [0.1, 0.15) is 5.69 Å². The van der Waals surface area contributed by atoms with Crippen LogP contribution in [0.4, 0.5) is 11.4 Å². The second kappa shape index (κ2) is 5.65. The first kappa shape index (κ1) is 13.3. The van der Waals surface area contributed by atoms with Crippen molar-refractivity contribution in [3.05, 3.63) is 33.9 Å². The van der Waals surface area contributed by atoms with Crippen LogP contribution in [0.15, 0.2) is 18.2 Å². The third-order valence-electron chi connectivity index (χ3n) is 3.13. The van der Waals surface area contributed by atoms with E-state index in [9.17, 15) is 10.1 Å². The van der Waals surface area contributed by atoms with E-state index in [-0.39, 0.29) is 23.4 Å². The molecule has 0 bridgehead atoms. The highest BCUT2D eigenvalue weighted by Gasteiger charge is 2.28. The minimum absolute atomic E-state index is 0.0309. The molecule has 1 aliphatic heterocycles. The standard InChI is InChI=1S/C12H14N4O3/c1-19-12-7-14-6-10(12)15-9-3-2-8(5-13)4-11(9)16(17)18/h2-4,10,12,14-15H,6-7H2,1H3/t10?,12-/m0/s1. The van der Waals surface area contributed by atoms with Crippen LogP contribution in [-0.4, -0.2) is 37.3 Å². The number of benzene rings is 1. The fourth-order valence-corrected chi connectivity index (χ4v) is 2.12. The molecule has 0 aliphatic carbocycles. The zero-order valence-corrected chi connectivity index (χ0v) is 10.4. The molecule has 0 spiro atoms. The molecule has 1 fully saturated rings. The maximum Gasteiger partial charge on any atom is 0.293 e. The normalized spacial score (nSPS) is 21.9. The Hall–Kier alpha value is -2.17. The largest absolute Gasteiger partial charge is 0.378 e. The van der Waals surface area contributed by atoms with Gasteiger partial charge in [0.25, 0.3) is 5.69 Å². The second-order valence-electron chi connectivity index (χ2n) is 4.28. The summed E-state index contributed by atoms with van der Waals surface area (Å²) in [6.45, 7) is 1.38. The maximum absolute atomic E-state index is 11.0. The summed E-state index contributed by atoms with van der Waals surface area (Å²) in [5, 5.41) is 26.1. The summed E-state index contributed by atoms with van der Waals surface area (Å²) in [6.07, 6.45) is -0.0322. The molecular formula is C12H14N4O3. The maximum atomic E-state index is 11.0. The Balaban J connectivity index is 2.25. The van der Waals surface area contributed by atoms with E-state index in [0.717, 1.165) is 0 Å². The Kier molecular flexibility index (Phi) is 3.94. The van der Waals surface area contributed by atoms with E-state index in [1.54, 1.807) is 19.2 Å². The monoisotopic (exact) mass is 262 g/mol. The molecule has 1 unspecified atom stereocenters. The molecular weight excluding hydrogens is 248 g/mol. The number of nitriles is 1. The predicted octanol–water partition coefficient (Wildman–Crippen LogP) is 0.865. The molecule has 2 atom stereocenters. The molecule has 100 valence electrons. The van der Waals surface area contributed by atoms with E-state index < -0.39 is 4.92 Å². The fourth-order valence-electron chi connectivity index (χ4n) is 2.12. The lowest BCUT2D eigenvalue weighted by molar-refractivity contribution is -0.384. The highest BCUT2D eigenvalue weighted by molar-refractivity contribution is 5.64. The Labute approximate surface area is 110 Å². The van der Waals surface area contributed by atoms with E-state index in [1.165, 1.54) is 6.07 Å². The van der Waals surface area contributed by atoms with Crippen molar-refractivity contribution in [3.8, 4) is 6.07 Å². The molecule has 0 saturated carbocycles. The summed E-state index contributed by atoms with van der Waals surface area (Å²) in [6, 6.07) is 6.25. The van der Waals surface area contributed by atoms with Crippen molar-refractivity contribution in [1.29, 1.82) is 5.26 Å². The first-order valence-corrected chi connectivity index (χ1v) is 5.84. The number of nitro groups is 1. The number of nitrogens with one attached hydrogen (secondary N) is 2. The van der Waals surface area contributed by atoms with Gasteiger partial charge >= 0.3 is 0 Å². The number of anilines is 1. The average molecular weight is 262 g/mol. The summed E-state index contributed by atoms with van der Waals surface area (Å²) >= 11 is 0. The van der Waals surface area contributed by atoms with Gasteiger partial charge in [-0.05, 0) is 12.1 Å². The number of methoxy groups -OCH3 is 1. The predicted molar refractivity (Wildman–Crippen MR) is 68.9 cm³/mol. The molecule has 7 nitrogen and oxygen atoms in total. The molecule has 2 N–H and O–H groups in total. The van der Waals surface area contributed by atoms with E-state index >= 15 is 0 Å². The molecule has 1 heterocycles. The minimum atomic E-state index is -0.493. The highest BCUT2D eigenvalue weighted by atomic mass is 16.6. The minimum Gasteiger partial charge on any atom is -0.378 e. The summed E-state index contributed by atoms with van der Waals surface area (Å²) in [5.74, 6) is 0. The van der Waals surface area contributed by atoms with Crippen LogP contribution < -0.4 is 10.6 Å². The topological polar surface area (TPSA) is 100 Å². The van der Waals surface area contributed by atoms with E-state index in [2.05, 4.69) is 10.6 Å². The van der Waals surface area contributed by atoms with Crippen LogP contribution in [0.5, 0.6) is 0 Å². The van der Waals surface area contributed by atoms with Crippen molar-refractivity contribution in [1.82, 2.24) is 5.32 Å². The van der Waals surface area contributed by atoms with Crippen LogP contribution in [-0.2, 0) is 4.74 Å². The molecule has 7 heteroatoms. The molecule has 1 aromatic carbocycles. The lowest BCUT2D eigenvalue weighted by atomic mass is 10.1. The lowest BCUT2D eigenvalue weighted by Crippen LogP contribution is -2.33. The summed E-state index contributed by atoms with van der Waals surface area (Å²) in [5.41, 5.74) is 0.575. The van der Waals surface area contributed by atoms with Crippen molar-refractivity contribution < 1.29 is 9.66 Å². The van der Waals surface area contributed by atoms with Crippen LogP contribution in [0.25, 0.3) is 0 Å². The Morgan fingerprint density at radius 1 is 1.58 bits per heavy atom. The molecule has 1 saturated heterocycles. The summed E-state index contributed by atoms with van der Waals surface area (Å²) in [7, 11) is 1.61. The van der Waals surface area contributed by atoms with Crippen LogP contribution in [0.1, 0.15) is 5.56 Å². The van der Waals surface area contributed by atoms with E-state index in [0.29, 0.717) is 18.8 Å². The number of nitrogens with zero attached hydrogens (tertiary/aromatic N) is 2. The summed E-state index contributed by atoms with van der Waals surface area (Å²) in [4.78, 5) is 10.5. The zero-order chi connectivity index (χ0) is 13.8. The van der Waals surface area contributed by atoms with Gasteiger partial charge in [0.2, 0.25) is 0 Å². The summed E-state index contributed by atoms with van der Waals surface area (Å²) < 4.78 is 5.29. The van der Waals surface area contributed by atoms with Gasteiger partial charge in [-0.25, -0.2) is 0 Å². The Morgan fingerprint density at radius 3 is 3.00 bits per heavy atom. The van der Waals surface area contributed by atoms with Gasteiger partial charge in [-0.2, -0.15) is 5.26 Å². The molecule has 0 radical (unpaired) electrons. The van der Waals surface area contributed by atoms with Crippen LogP contribution in [0, 0.1) is 21.4 Å². The van der Waals surface area contributed by atoms with Crippen LogP contribution in [0.3, 0.4) is 0 Å². The van der Waals surface area contributed by atoms with Gasteiger partial charge in [0.15, 0.2) is 0 Å². The highest BCUT2D eigenvalue weighted by Crippen LogP contribution is 2.27. The quantitative estimate of drug-likeness (QED) is 0.616. The second-order valence-corrected chi connectivity index (χ2v) is 4.28. The molecule has 1 aliphatic rings. The number of rotatable bonds is 4. The van der Waals surface area contributed by atoms with Gasteiger partial charge in [0, 0.05) is 26.3 Å². The van der Waals surface area contributed by atoms with Gasteiger partial charge in [-0.3, -0.25) is 10.1 Å². The molecule has 1 aromatic rings. The molecule has 0 aromatic heterocycles. The van der Waals surface area contributed by atoms with Crippen LogP contribution >= 0.6 is 0 Å². The number of nitro benzene ring substituents is 1. The SMILES string of the molecule is CO[C@H]1CNCC1Nc1ccc(C#N)cc1[N+](=O)[O-]. The lowest BCUT2D eigenvalue weighted by Gasteiger charge is -2.19. The van der Waals surface area contributed by atoms with Gasteiger partial charge in [-0.15, -0.1) is 0 Å². The van der Waals surface area contributed by atoms with Gasteiger partial charge in [-0.1, -0.05) is 0 Å². The fraction of sp³-hybridized carbons (Fsp3) is 0.417. The first-order chi connectivity index (χ1) is 9.15. The number of hydrogen-bond acceptors (Lipinski definition) is 6. The van der Waals surface area contributed by atoms with Gasteiger partial charge < -0.3 is 15.4 Å². The third kappa shape index (κ3) is 2.81. The van der Waals surface area contributed by atoms with Crippen molar-refractivity contribution in [2.24, 2.45) is 0 Å². The van der Waals surface area contributed by atoms with E-state index in [1.807, 2.05) is 6.07 Å². The average Bonchev–Trinajstić information content (AvgIpc) is 2.86. The van der Waals surface area contributed by atoms with Crippen LogP contribution in [0.2, 0.25) is 0 Å². The number of ether oxygens (including phenoxy) is 1. The molecule has 0 amide bonds. The zero-order valence-electron chi connectivity index (χ0n) is 10.4. The smallest absolute Gasteiger partial charge is 0.293 e. The Bertz CT molecular complexity index is 526. The van der Waals surface area contributed by atoms with Crippen molar-refractivity contribution in [2.45, 2.75) is 12.1 Å². The van der Waals surface area contributed by atoms with Gasteiger partial charge in [0.05, 0.1) is 28.7 Å². The van der Waals surface area contributed by atoms with Crippen molar-refractivity contribution in [3.63, 3.8) is 0 Å². The number of hydrogen-bond donors (Lipinski definition) is 2. The van der Waals surface area contributed by atoms with E-state index in [4.69, 9.17) is 10.00 Å². The molecule has 19 heavy (non-hydrogen) atoms. The first-order valence-electron chi connectivity index (χ1n) is 5.84. The molecule has 2 rings (SSSR count).